The van der Waals surface area contributed by atoms with Crippen LogP contribution in [0.1, 0.15) is 55.6 Å². The van der Waals surface area contributed by atoms with Gasteiger partial charge in [0.05, 0.1) is 17.6 Å². The van der Waals surface area contributed by atoms with Crippen LogP contribution in [0.15, 0.2) is 71.8 Å². The first-order valence-corrected chi connectivity index (χ1v) is 9.37. The van der Waals surface area contributed by atoms with Crippen LogP contribution in [0.2, 0.25) is 0 Å². The summed E-state index contributed by atoms with van der Waals surface area (Å²) in [6.45, 7) is 1.88. The standard InChI is InChI=1S/C24H23NO2/c1-17-9-8-14-22(26)24(17)23(27)15-20(18-10-4-2-5-11-18)21(16-25)19-12-6-3-7-13-19/h2-7,10-13,20-21H,8-9,14-15H2,1H3/t20-,21-/m1/s1. The third kappa shape index (κ3) is 4.23. The van der Waals surface area contributed by atoms with E-state index in [0.717, 1.165) is 29.5 Å². The van der Waals surface area contributed by atoms with Gasteiger partial charge in [-0.3, -0.25) is 9.59 Å². The summed E-state index contributed by atoms with van der Waals surface area (Å²) >= 11 is 0. The Morgan fingerprint density at radius 1 is 1.00 bits per heavy atom. The fourth-order valence-electron chi connectivity index (χ4n) is 3.88. The van der Waals surface area contributed by atoms with Crippen LogP contribution in [0.4, 0.5) is 0 Å². The van der Waals surface area contributed by atoms with Crippen LogP contribution in [0.5, 0.6) is 0 Å². The van der Waals surface area contributed by atoms with E-state index in [4.69, 9.17) is 0 Å². The van der Waals surface area contributed by atoms with Crippen molar-refractivity contribution in [2.45, 2.75) is 44.4 Å². The number of nitrogens with zero attached hydrogens (tertiary/aromatic N) is 1. The zero-order valence-electron chi connectivity index (χ0n) is 15.5. The molecule has 0 saturated heterocycles. The van der Waals surface area contributed by atoms with Gasteiger partial charge in [0.15, 0.2) is 11.6 Å². The van der Waals surface area contributed by atoms with E-state index < -0.39 is 5.92 Å². The summed E-state index contributed by atoms with van der Waals surface area (Å²) in [5.41, 5.74) is 3.09. The smallest absolute Gasteiger partial charge is 0.167 e. The maximum Gasteiger partial charge on any atom is 0.167 e. The Hall–Kier alpha value is -2.99. The Labute approximate surface area is 160 Å². The van der Waals surface area contributed by atoms with Gasteiger partial charge in [0.2, 0.25) is 0 Å². The first-order valence-electron chi connectivity index (χ1n) is 9.37. The van der Waals surface area contributed by atoms with E-state index in [1.165, 1.54) is 0 Å². The van der Waals surface area contributed by atoms with Gasteiger partial charge in [-0.05, 0) is 30.9 Å². The van der Waals surface area contributed by atoms with Gasteiger partial charge in [-0.15, -0.1) is 0 Å². The predicted octanol–water partition coefficient (Wildman–Crippen LogP) is 5.11. The largest absolute Gasteiger partial charge is 0.294 e. The number of carbonyl (C=O) groups excluding carboxylic acids is 2. The van der Waals surface area contributed by atoms with Crippen molar-refractivity contribution in [3.05, 3.63) is 82.9 Å². The highest BCUT2D eigenvalue weighted by molar-refractivity contribution is 6.21. The number of allylic oxidation sites excluding steroid dienone is 2. The fraction of sp³-hybridized carbons (Fsp3) is 0.292. The van der Waals surface area contributed by atoms with E-state index in [9.17, 15) is 14.9 Å². The molecule has 3 rings (SSSR count). The van der Waals surface area contributed by atoms with E-state index >= 15 is 0 Å². The number of carbonyl (C=O) groups is 2. The van der Waals surface area contributed by atoms with Crippen LogP contribution in [0.25, 0.3) is 0 Å². The lowest BCUT2D eigenvalue weighted by Gasteiger charge is -2.24. The SMILES string of the molecule is CC1=C(C(=O)C[C@H](c2ccccc2)[C@H](C#N)c2ccccc2)C(=O)CCC1. The number of nitriles is 1. The third-order valence-electron chi connectivity index (χ3n) is 5.27. The van der Waals surface area contributed by atoms with Gasteiger partial charge in [-0.2, -0.15) is 5.26 Å². The Morgan fingerprint density at radius 3 is 2.15 bits per heavy atom. The molecule has 0 saturated carbocycles. The van der Waals surface area contributed by atoms with Gasteiger partial charge in [-0.25, -0.2) is 0 Å². The highest BCUT2D eigenvalue weighted by Crippen LogP contribution is 2.37. The molecule has 0 spiro atoms. The van der Waals surface area contributed by atoms with E-state index in [0.29, 0.717) is 12.0 Å². The van der Waals surface area contributed by atoms with Crippen LogP contribution in [-0.2, 0) is 9.59 Å². The maximum absolute atomic E-state index is 13.1. The number of ketones is 2. The predicted molar refractivity (Wildman–Crippen MR) is 105 cm³/mol. The van der Waals surface area contributed by atoms with Crippen molar-refractivity contribution in [3.8, 4) is 6.07 Å². The molecule has 2 atom stereocenters. The molecule has 0 heterocycles. The maximum atomic E-state index is 13.1. The van der Waals surface area contributed by atoms with Crippen molar-refractivity contribution in [2.75, 3.05) is 0 Å². The minimum absolute atomic E-state index is 0.0521. The quantitative estimate of drug-likeness (QED) is 0.675. The minimum atomic E-state index is -0.447. The van der Waals surface area contributed by atoms with E-state index in [1.807, 2.05) is 67.6 Å². The normalized spacial score (nSPS) is 16.5. The van der Waals surface area contributed by atoms with Gasteiger partial charge in [0, 0.05) is 18.8 Å². The van der Waals surface area contributed by atoms with Crippen LogP contribution in [-0.4, -0.2) is 11.6 Å². The van der Waals surface area contributed by atoms with Gasteiger partial charge in [-0.1, -0.05) is 66.2 Å². The van der Waals surface area contributed by atoms with Gasteiger partial charge < -0.3 is 0 Å². The molecule has 1 aliphatic rings. The van der Waals surface area contributed by atoms with Gasteiger partial charge >= 0.3 is 0 Å². The number of Topliss-reactive ketones (excluding diaryl/α,β-unsaturated/α-hetero) is 2. The summed E-state index contributed by atoms with van der Waals surface area (Å²) in [4.78, 5) is 25.4. The van der Waals surface area contributed by atoms with Crippen molar-refractivity contribution < 1.29 is 9.59 Å². The summed E-state index contributed by atoms with van der Waals surface area (Å²) in [5, 5.41) is 9.90. The van der Waals surface area contributed by atoms with E-state index in [2.05, 4.69) is 6.07 Å². The monoisotopic (exact) mass is 357 g/mol. The molecule has 2 aromatic rings. The highest BCUT2D eigenvalue weighted by Gasteiger charge is 2.31. The van der Waals surface area contributed by atoms with Gasteiger partial charge in [0.1, 0.15) is 0 Å². The molecule has 0 N–H and O–H groups in total. The molecule has 0 unspecified atom stereocenters. The molecule has 27 heavy (non-hydrogen) atoms. The zero-order chi connectivity index (χ0) is 19.2. The second-order valence-electron chi connectivity index (χ2n) is 7.09. The van der Waals surface area contributed by atoms with E-state index in [1.54, 1.807) is 0 Å². The Bertz CT molecular complexity index is 891. The van der Waals surface area contributed by atoms with Crippen molar-refractivity contribution in [1.82, 2.24) is 0 Å². The number of benzene rings is 2. The number of hydrogen-bond acceptors (Lipinski definition) is 3. The van der Waals surface area contributed by atoms with Crippen molar-refractivity contribution in [2.24, 2.45) is 0 Å². The van der Waals surface area contributed by atoms with Crippen molar-refractivity contribution >= 4 is 11.6 Å². The second kappa shape index (κ2) is 8.60. The van der Waals surface area contributed by atoms with Crippen LogP contribution in [0, 0.1) is 11.3 Å². The molecular formula is C24H23NO2. The molecule has 3 heteroatoms. The Balaban J connectivity index is 1.97. The second-order valence-corrected chi connectivity index (χ2v) is 7.09. The average molecular weight is 357 g/mol. The van der Waals surface area contributed by atoms with Gasteiger partial charge in [0.25, 0.3) is 0 Å². The fourth-order valence-corrected chi connectivity index (χ4v) is 3.88. The Morgan fingerprint density at radius 2 is 1.59 bits per heavy atom. The topological polar surface area (TPSA) is 57.9 Å². The lowest BCUT2D eigenvalue weighted by atomic mass is 9.77. The molecule has 2 aromatic carbocycles. The lowest BCUT2D eigenvalue weighted by Crippen LogP contribution is -2.22. The average Bonchev–Trinajstić information content (AvgIpc) is 2.69. The summed E-state index contributed by atoms with van der Waals surface area (Å²) in [7, 11) is 0. The molecule has 0 fully saturated rings. The first kappa shape index (κ1) is 18.8. The summed E-state index contributed by atoms with van der Waals surface area (Å²) < 4.78 is 0. The van der Waals surface area contributed by atoms with Crippen molar-refractivity contribution in [3.63, 3.8) is 0 Å². The molecule has 0 radical (unpaired) electrons. The number of rotatable bonds is 6. The molecule has 136 valence electrons. The molecule has 0 aromatic heterocycles. The molecule has 0 amide bonds. The minimum Gasteiger partial charge on any atom is -0.294 e. The van der Waals surface area contributed by atoms with Crippen LogP contribution in [0.3, 0.4) is 0 Å². The first-order chi connectivity index (χ1) is 13.1. The van der Waals surface area contributed by atoms with E-state index in [-0.39, 0.29) is 23.9 Å². The molecule has 0 aliphatic heterocycles. The molecule has 0 bridgehead atoms. The molecule has 1 aliphatic carbocycles. The molecule has 3 nitrogen and oxygen atoms in total. The summed E-state index contributed by atoms with van der Waals surface area (Å²) in [6, 6.07) is 21.6. The summed E-state index contributed by atoms with van der Waals surface area (Å²) in [6.07, 6.45) is 2.21. The lowest BCUT2D eigenvalue weighted by molar-refractivity contribution is -0.122. The van der Waals surface area contributed by atoms with Crippen LogP contribution < -0.4 is 0 Å². The third-order valence-corrected chi connectivity index (χ3v) is 5.27. The van der Waals surface area contributed by atoms with Crippen molar-refractivity contribution in [1.29, 1.82) is 5.26 Å². The Kier molecular flexibility index (Phi) is 5.98. The highest BCUT2D eigenvalue weighted by atomic mass is 16.1. The summed E-state index contributed by atoms with van der Waals surface area (Å²) in [5.74, 6) is -0.927. The number of hydrogen-bond donors (Lipinski definition) is 0. The van der Waals surface area contributed by atoms with Crippen LogP contribution >= 0.6 is 0 Å². The molecular weight excluding hydrogens is 334 g/mol. The zero-order valence-corrected chi connectivity index (χ0v) is 15.5.